The molecule has 0 fully saturated rings. The van der Waals surface area contributed by atoms with Crippen LogP contribution in [-0.4, -0.2) is 16.5 Å². The minimum Gasteiger partial charge on any atom is -0.354 e. The average molecular weight is 275 g/mol. The fraction of sp³-hybridized carbons (Fsp3) is 0.167. The first-order chi connectivity index (χ1) is 10.3. The van der Waals surface area contributed by atoms with E-state index in [4.69, 9.17) is 5.26 Å². The molecule has 0 bridgehead atoms. The van der Waals surface area contributed by atoms with Crippen molar-refractivity contribution in [1.82, 2.24) is 9.80 Å². The Balaban J connectivity index is 1.55. The highest BCUT2D eigenvalue weighted by molar-refractivity contribution is 5.31. The molecule has 1 aliphatic rings. The van der Waals surface area contributed by atoms with E-state index in [9.17, 15) is 0 Å². The standard InChI is InChI=1S/C18H17N3/c19-12-16-6-8-18(9-7-16)14-21-11-10-20(15-21)13-17-4-2-1-3-5-17/h1-11H,13-15H2. The second-order valence-electron chi connectivity index (χ2n) is 5.23. The van der Waals surface area contributed by atoms with Crippen molar-refractivity contribution in [2.24, 2.45) is 0 Å². The molecule has 0 amide bonds. The third kappa shape index (κ3) is 3.43. The van der Waals surface area contributed by atoms with E-state index in [0.29, 0.717) is 5.56 Å². The highest BCUT2D eigenvalue weighted by Gasteiger charge is 2.12. The van der Waals surface area contributed by atoms with Crippen molar-refractivity contribution in [2.45, 2.75) is 13.1 Å². The molecule has 1 heterocycles. The summed E-state index contributed by atoms with van der Waals surface area (Å²) >= 11 is 0. The number of nitriles is 1. The lowest BCUT2D eigenvalue weighted by molar-refractivity contribution is 0.255. The van der Waals surface area contributed by atoms with Crippen molar-refractivity contribution in [3.05, 3.63) is 83.7 Å². The Bertz CT molecular complexity index is 653. The van der Waals surface area contributed by atoms with Crippen LogP contribution in [0.5, 0.6) is 0 Å². The molecule has 2 aromatic rings. The van der Waals surface area contributed by atoms with Crippen molar-refractivity contribution in [2.75, 3.05) is 6.67 Å². The molecule has 3 nitrogen and oxygen atoms in total. The molecule has 1 aliphatic heterocycles. The molecule has 0 saturated heterocycles. The van der Waals surface area contributed by atoms with Crippen molar-refractivity contribution in [3.63, 3.8) is 0 Å². The third-order valence-corrected chi connectivity index (χ3v) is 3.55. The van der Waals surface area contributed by atoms with Gasteiger partial charge in [-0.1, -0.05) is 42.5 Å². The zero-order valence-electron chi connectivity index (χ0n) is 11.8. The summed E-state index contributed by atoms with van der Waals surface area (Å²) in [6, 6.07) is 20.4. The molecule has 0 aromatic heterocycles. The predicted molar refractivity (Wildman–Crippen MR) is 82.7 cm³/mol. The van der Waals surface area contributed by atoms with E-state index in [-0.39, 0.29) is 0 Å². The number of hydrogen-bond donors (Lipinski definition) is 0. The van der Waals surface area contributed by atoms with E-state index in [2.05, 4.69) is 52.5 Å². The van der Waals surface area contributed by atoms with Gasteiger partial charge >= 0.3 is 0 Å². The van der Waals surface area contributed by atoms with Gasteiger partial charge in [0.05, 0.1) is 18.3 Å². The zero-order chi connectivity index (χ0) is 14.5. The van der Waals surface area contributed by atoms with Crippen LogP contribution in [0.2, 0.25) is 0 Å². The first-order valence-electron chi connectivity index (χ1n) is 7.03. The predicted octanol–water partition coefficient (Wildman–Crippen LogP) is 3.30. The van der Waals surface area contributed by atoms with Gasteiger partial charge in [0.25, 0.3) is 0 Å². The summed E-state index contributed by atoms with van der Waals surface area (Å²) in [7, 11) is 0. The molecule has 21 heavy (non-hydrogen) atoms. The van der Waals surface area contributed by atoms with Gasteiger partial charge in [0.1, 0.15) is 0 Å². The number of rotatable bonds is 4. The van der Waals surface area contributed by atoms with Gasteiger partial charge in [0, 0.05) is 25.5 Å². The van der Waals surface area contributed by atoms with Crippen LogP contribution in [0.3, 0.4) is 0 Å². The summed E-state index contributed by atoms with van der Waals surface area (Å²) in [6.07, 6.45) is 4.26. The molecule has 0 atom stereocenters. The molecule has 3 rings (SSSR count). The van der Waals surface area contributed by atoms with E-state index in [1.165, 1.54) is 11.1 Å². The lowest BCUT2D eigenvalue weighted by Gasteiger charge is -2.21. The van der Waals surface area contributed by atoms with Gasteiger partial charge in [0.15, 0.2) is 0 Å². The molecule has 0 N–H and O–H groups in total. The quantitative estimate of drug-likeness (QED) is 0.857. The third-order valence-electron chi connectivity index (χ3n) is 3.55. The van der Waals surface area contributed by atoms with Crippen LogP contribution in [0.1, 0.15) is 16.7 Å². The molecular formula is C18H17N3. The van der Waals surface area contributed by atoms with E-state index in [0.717, 1.165) is 19.8 Å². The SMILES string of the molecule is N#Cc1ccc(CN2C=CN(Cc3ccccc3)C2)cc1. The van der Waals surface area contributed by atoms with E-state index >= 15 is 0 Å². The first-order valence-corrected chi connectivity index (χ1v) is 7.03. The van der Waals surface area contributed by atoms with Crippen LogP contribution in [0.4, 0.5) is 0 Å². The molecule has 2 aromatic carbocycles. The molecular weight excluding hydrogens is 258 g/mol. The van der Waals surface area contributed by atoms with Crippen LogP contribution >= 0.6 is 0 Å². The smallest absolute Gasteiger partial charge is 0.0991 e. The van der Waals surface area contributed by atoms with Gasteiger partial charge < -0.3 is 9.80 Å². The van der Waals surface area contributed by atoms with Gasteiger partial charge in [-0.2, -0.15) is 5.26 Å². The topological polar surface area (TPSA) is 30.3 Å². The van der Waals surface area contributed by atoms with Crippen LogP contribution in [0, 0.1) is 11.3 Å². The summed E-state index contributed by atoms with van der Waals surface area (Å²) in [5.41, 5.74) is 3.25. The Morgan fingerprint density at radius 3 is 1.95 bits per heavy atom. The molecule has 3 heteroatoms. The molecule has 0 saturated carbocycles. The monoisotopic (exact) mass is 275 g/mol. The molecule has 0 aliphatic carbocycles. The van der Waals surface area contributed by atoms with Gasteiger partial charge in [0.2, 0.25) is 0 Å². The normalized spacial score (nSPS) is 13.5. The fourth-order valence-electron chi connectivity index (χ4n) is 2.46. The maximum atomic E-state index is 8.81. The minimum absolute atomic E-state index is 0.710. The fourth-order valence-corrected chi connectivity index (χ4v) is 2.46. The van der Waals surface area contributed by atoms with Crippen LogP contribution in [0.25, 0.3) is 0 Å². The Morgan fingerprint density at radius 1 is 0.810 bits per heavy atom. The second-order valence-corrected chi connectivity index (χ2v) is 5.23. The van der Waals surface area contributed by atoms with Crippen molar-refractivity contribution >= 4 is 0 Å². The van der Waals surface area contributed by atoms with Crippen LogP contribution in [-0.2, 0) is 13.1 Å². The van der Waals surface area contributed by atoms with Gasteiger partial charge in [-0.3, -0.25) is 0 Å². The Hall–Kier alpha value is -2.73. The van der Waals surface area contributed by atoms with E-state index < -0.39 is 0 Å². The highest BCUT2D eigenvalue weighted by atomic mass is 15.3. The molecule has 104 valence electrons. The van der Waals surface area contributed by atoms with Crippen molar-refractivity contribution in [1.29, 1.82) is 5.26 Å². The summed E-state index contributed by atoms with van der Waals surface area (Å²) < 4.78 is 0. The zero-order valence-corrected chi connectivity index (χ0v) is 11.8. The molecule has 0 radical (unpaired) electrons. The van der Waals surface area contributed by atoms with Crippen LogP contribution in [0.15, 0.2) is 67.0 Å². The lowest BCUT2D eigenvalue weighted by atomic mass is 10.1. The largest absolute Gasteiger partial charge is 0.354 e. The summed E-state index contributed by atoms with van der Waals surface area (Å²) in [5.74, 6) is 0. The molecule has 0 unspecified atom stereocenters. The second kappa shape index (κ2) is 6.15. The van der Waals surface area contributed by atoms with Gasteiger partial charge in [-0.05, 0) is 23.3 Å². The number of hydrogen-bond acceptors (Lipinski definition) is 3. The van der Waals surface area contributed by atoms with E-state index in [1.54, 1.807) is 0 Å². The van der Waals surface area contributed by atoms with Crippen LogP contribution < -0.4 is 0 Å². The molecule has 0 spiro atoms. The Kier molecular flexibility index (Phi) is 3.88. The minimum atomic E-state index is 0.710. The van der Waals surface area contributed by atoms with Crippen molar-refractivity contribution < 1.29 is 0 Å². The van der Waals surface area contributed by atoms with E-state index in [1.807, 2.05) is 30.3 Å². The Labute approximate surface area is 125 Å². The van der Waals surface area contributed by atoms with Crippen molar-refractivity contribution in [3.8, 4) is 6.07 Å². The maximum absolute atomic E-state index is 8.81. The number of benzene rings is 2. The Morgan fingerprint density at radius 2 is 1.38 bits per heavy atom. The maximum Gasteiger partial charge on any atom is 0.0991 e. The van der Waals surface area contributed by atoms with Gasteiger partial charge in [-0.25, -0.2) is 0 Å². The number of nitrogens with zero attached hydrogens (tertiary/aromatic N) is 3. The average Bonchev–Trinajstić information content (AvgIpc) is 2.96. The summed E-state index contributed by atoms with van der Waals surface area (Å²) in [4.78, 5) is 4.56. The van der Waals surface area contributed by atoms with Gasteiger partial charge in [-0.15, -0.1) is 0 Å². The lowest BCUT2D eigenvalue weighted by Crippen LogP contribution is -2.24. The first kappa shape index (κ1) is 13.3. The summed E-state index contributed by atoms with van der Waals surface area (Å²) in [5, 5.41) is 8.81. The summed E-state index contributed by atoms with van der Waals surface area (Å²) in [6.45, 7) is 2.70. The highest BCUT2D eigenvalue weighted by Crippen LogP contribution is 2.15.